The number of anilines is 1. The number of H-pyrrole nitrogens is 1. The first-order chi connectivity index (χ1) is 13.7. The second-order valence-corrected chi connectivity index (χ2v) is 6.83. The molecule has 1 atom stereocenters. The van der Waals surface area contributed by atoms with Crippen LogP contribution in [-0.2, 0) is 0 Å². The molecule has 2 aromatic carbocycles. The Kier molecular flexibility index (Phi) is 5.02. The summed E-state index contributed by atoms with van der Waals surface area (Å²) in [4.78, 5) is 17.0. The Balaban J connectivity index is 1.60. The van der Waals surface area contributed by atoms with Crippen LogP contribution in [0.1, 0.15) is 24.9 Å². The summed E-state index contributed by atoms with van der Waals surface area (Å²) < 4.78 is 5.58. The summed E-state index contributed by atoms with van der Waals surface area (Å²) in [6, 6.07) is 16.2. The lowest BCUT2D eigenvalue weighted by molar-refractivity contribution is 0.199. The molecule has 0 saturated carbocycles. The Morgan fingerprint density at radius 3 is 2.68 bits per heavy atom. The van der Waals surface area contributed by atoms with E-state index in [-0.39, 0.29) is 12.1 Å². The SMILES string of the molecule is CC[C@@H](c1ccccc1)N1CCN(c2ccc(-c3cn[nH]c3)c(OC)c2)C1=O. The minimum atomic E-state index is 0.0359. The van der Waals surface area contributed by atoms with Crippen LogP contribution in [0.15, 0.2) is 60.9 Å². The molecule has 4 rings (SSSR count). The van der Waals surface area contributed by atoms with Gasteiger partial charge < -0.3 is 9.64 Å². The van der Waals surface area contributed by atoms with Crippen molar-refractivity contribution in [1.29, 1.82) is 0 Å². The summed E-state index contributed by atoms with van der Waals surface area (Å²) >= 11 is 0. The predicted molar refractivity (Wildman–Crippen MR) is 109 cm³/mol. The topological polar surface area (TPSA) is 61.5 Å². The minimum absolute atomic E-state index is 0.0359. The fraction of sp³-hybridized carbons (Fsp3) is 0.273. The van der Waals surface area contributed by atoms with Crippen LogP contribution in [0.3, 0.4) is 0 Å². The highest BCUT2D eigenvalue weighted by atomic mass is 16.5. The molecule has 1 aliphatic rings. The molecule has 144 valence electrons. The first-order valence-corrected chi connectivity index (χ1v) is 9.53. The molecule has 1 aromatic heterocycles. The first-order valence-electron chi connectivity index (χ1n) is 9.53. The highest BCUT2D eigenvalue weighted by Gasteiger charge is 2.34. The van der Waals surface area contributed by atoms with Crippen molar-refractivity contribution >= 4 is 11.7 Å². The van der Waals surface area contributed by atoms with Crippen LogP contribution in [0.2, 0.25) is 0 Å². The van der Waals surface area contributed by atoms with Gasteiger partial charge in [0, 0.05) is 42.2 Å². The van der Waals surface area contributed by atoms with Crippen LogP contribution >= 0.6 is 0 Å². The van der Waals surface area contributed by atoms with Crippen molar-refractivity contribution in [2.24, 2.45) is 0 Å². The highest BCUT2D eigenvalue weighted by molar-refractivity contribution is 5.95. The van der Waals surface area contributed by atoms with Gasteiger partial charge in [-0.1, -0.05) is 37.3 Å². The number of nitrogens with one attached hydrogen (secondary N) is 1. The zero-order valence-electron chi connectivity index (χ0n) is 16.1. The number of benzene rings is 2. The Hall–Kier alpha value is -3.28. The summed E-state index contributed by atoms with van der Waals surface area (Å²) in [6.07, 6.45) is 4.46. The molecule has 1 aliphatic heterocycles. The summed E-state index contributed by atoms with van der Waals surface area (Å²) in [5.74, 6) is 0.722. The fourth-order valence-electron chi connectivity index (χ4n) is 3.88. The van der Waals surface area contributed by atoms with E-state index in [1.54, 1.807) is 13.3 Å². The van der Waals surface area contributed by atoms with Crippen LogP contribution in [-0.4, -0.2) is 41.3 Å². The van der Waals surface area contributed by atoms with Gasteiger partial charge in [0.1, 0.15) is 5.75 Å². The maximum atomic E-state index is 13.2. The minimum Gasteiger partial charge on any atom is -0.496 e. The van der Waals surface area contributed by atoms with E-state index < -0.39 is 0 Å². The first kappa shape index (κ1) is 18.1. The quantitative estimate of drug-likeness (QED) is 0.690. The summed E-state index contributed by atoms with van der Waals surface area (Å²) in [7, 11) is 1.64. The fourth-order valence-corrected chi connectivity index (χ4v) is 3.88. The number of rotatable bonds is 6. The van der Waals surface area contributed by atoms with Crippen LogP contribution < -0.4 is 9.64 Å². The molecule has 0 radical (unpaired) electrons. The van der Waals surface area contributed by atoms with Crippen LogP contribution in [0.25, 0.3) is 11.1 Å². The standard InChI is InChI=1S/C22H24N4O2/c1-3-20(16-7-5-4-6-8-16)26-12-11-25(22(26)27)18-9-10-19(21(13-18)28-2)17-14-23-24-15-17/h4-10,13-15,20H,3,11-12H2,1-2H3,(H,23,24)/t20-/m0/s1. The molecule has 6 nitrogen and oxygen atoms in total. The third-order valence-corrected chi connectivity index (χ3v) is 5.29. The number of nitrogens with zero attached hydrogens (tertiary/aromatic N) is 3. The average molecular weight is 376 g/mol. The summed E-state index contributed by atoms with van der Waals surface area (Å²) in [5, 5.41) is 6.82. The Morgan fingerprint density at radius 1 is 1.18 bits per heavy atom. The average Bonchev–Trinajstić information content (AvgIpc) is 3.40. The molecule has 6 heteroatoms. The maximum absolute atomic E-state index is 13.2. The largest absolute Gasteiger partial charge is 0.496 e. The lowest BCUT2D eigenvalue weighted by Crippen LogP contribution is -2.34. The number of methoxy groups -OCH3 is 1. The van der Waals surface area contributed by atoms with Crippen LogP contribution in [0.5, 0.6) is 5.75 Å². The van der Waals surface area contributed by atoms with Crippen molar-refractivity contribution in [2.45, 2.75) is 19.4 Å². The molecule has 0 unspecified atom stereocenters. The zero-order chi connectivity index (χ0) is 19.5. The molecule has 3 aromatic rings. The third kappa shape index (κ3) is 3.22. The molecule has 1 N–H and O–H groups in total. The number of carbonyl (C=O) groups is 1. The van der Waals surface area contributed by atoms with Gasteiger partial charge in [-0.25, -0.2) is 4.79 Å². The van der Waals surface area contributed by atoms with Gasteiger partial charge >= 0.3 is 6.03 Å². The van der Waals surface area contributed by atoms with Gasteiger partial charge in [-0.2, -0.15) is 5.10 Å². The molecule has 1 saturated heterocycles. The smallest absolute Gasteiger partial charge is 0.325 e. The van der Waals surface area contributed by atoms with Crippen molar-refractivity contribution < 1.29 is 9.53 Å². The van der Waals surface area contributed by atoms with Crippen molar-refractivity contribution in [1.82, 2.24) is 15.1 Å². The van der Waals surface area contributed by atoms with E-state index in [1.807, 2.05) is 52.4 Å². The van der Waals surface area contributed by atoms with E-state index in [0.29, 0.717) is 13.1 Å². The van der Waals surface area contributed by atoms with Crippen molar-refractivity contribution in [2.75, 3.05) is 25.1 Å². The lowest BCUT2D eigenvalue weighted by Gasteiger charge is -2.27. The second-order valence-electron chi connectivity index (χ2n) is 6.83. The number of ether oxygens (including phenoxy) is 1. The van der Waals surface area contributed by atoms with Gasteiger partial charge in [-0.05, 0) is 24.1 Å². The molecule has 28 heavy (non-hydrogen) atoms. The number of carbonyl (C=O) groups excluding carboxylic acids is 1. The molecular formula is C22H24N4O2. The lowest BCUT2D eigenvalue weighted by atomic mass is 10.0. The Bertz CT molecular complexity index is 940. The number of aromatic nitrogens is 2. The highest BCUT2D eigenvalue weighted by Crippen LogP contribution is 2.36. The van der Waals surface area contributed by atoms with Crippen molar-refractivity contribution in [3.63, 3.8) is 0 Å². The Morgan fingerprint density at radius 2 is 2.00 bits per heavy atom. The van der Waals surface area contributed by atoms with E-state index in [2.05, 4.69) is 29.3 Å². The Labute approximate surface area is 164 Å². The van der Waals surface area contributed by atoms with E-state index in [9.17, 15) is 4.79 Å². The molecule has 0 bridgehead atoms. The maximum Gasteiger partial charge on any atom is 0.325 e. The van der Waals surface area contributed by atoms with Crippen molar-refractivity contribution in [3.05, 3.63) is 66.5 Å². The van der Waals surface area contributed by atoms with E-state index >= 15 is 0 Å². The van der Waals surface area contributed by atoms with Gasteiger partial charge in [0.05, 0.1) is 19.3 Å². The van der Waals surface area contributed by atoms with Gasteiger partial charge in [-0.3, -0.25) is 10.00 Å². The third-order valence-electron chi connectivity index (χ3n) is 5.29. The molecule has 2 amide bonds. The summed E-state index contributed by atoms with van der Waals surface area (Å²) in [6.45, 7) is 3.49. The summed E-state index contributed by atoms with van der Waals surface area (Å²) in [5.41, 5.74) is 3.92. The number of hydrogen-bond donors (Lipinski definition) is 1. The molecule has 1 fully saturated rings. The van der Waals surface area contributed by atoms with Crippen LogP contribution in [0.4, 0.5) is 10.5 Å². The number of urea groups is 1. The monoisotopic (exact) mass is 376 g/mol. The second kappa shape index (κ2) is 7.76. The van der Waals surface area contributed by atoms with E-state index in [0.717, 1.165) is 29.0 Å². The molecule has 0 spiro atoms. The van der Waals surface area contributed by atoms with Gasteiger partial charge in [0.15, 0.2) is 0 Å². The number of hydrogen-bond acceptors (Lipinski definition) is 3. The number of aromatic amines is 1. The van der Waals surface area contributed by atoms with Crippen LogP contribution in [0, 0.1) is 0 Å². The normalized spacial score (nSPS) is 15.1. The predicted octanol–water partition coefficient (Wildman–Crippen LogP) is 4.48. The van der Waals surface area contributed by atoms with Gasteiger partial charge in [0.25, 0.3) is 0 Å². The van der Waals surface area contributed by atoms with Crippen molar-refractivity contribution in [3.8, 4) is 16.9 Å². The van der Waals surface area contributed by atoms with Gasteiger partial charge in [0.2, 0.25) is 0 Å². The molecule has 0 aliphatic carbocycles. The zero-order valence-corrected chi connectivity index (χ0v) is 16.1. The molecular weight excluding hydrogens is 352 g/mol. The number of amides is 2. The van der Waals surface area contributed by atoms with E-state index in [4.69, 9.17) is 4.74 Å². The van der Waals surface area contributed by atoms with E-state index in [1.165, 1.54) is 5.56 Å². The molecule has 2 heterocycles. The van der Waals surface area contributed by atoms with Gasteiger partial charge in [-0.15, -0.1) is 0 Å².